The molecule has 47 heavy (non-hydrogen) atoms. The lowest BCUT2D eigenvalue weighted by molar-refractivity contribution is 0.810. The zero-order valence-electron chi connectivity index (χ0n) is 33.7. The molecule has 0 fully saturated rings. The summed E-state index contributed by atoms with van der Waals surface area (Å²) in [4.78, 5) is 0. The normalized spacial score (nSPS) is 12.5. The van der Waals surface area contributed by atoms with Crippen molar-refractivity contribution in [2.75, 3.05) is 0 Å². The van der Waals surface area contributed by atoms with Crippen LogP contribution in [-0.4, -0.2) is 16.5 Å². The molecule has 0 saturated heterocycles. The molecule has 0 saturated carbocycles. The summed E-state index contributed by atoms with van der Waals surface area (Å²) in [6.07, 6.45) is 0. The van der Waals surface area contributed by atoms with E-state index in [1.54, 1.807) is 48.9 Å². The van der Waals surface area contributed by atoms with Gasteiger partial charge >= 0.3 is 0 Å². The molecule has 0 N–H and O–H groups in total. The quantitative estimate of drug-likeness (QED) is 0.169. The molecule has 0 spiro atoms. The van der Waals surface area contributed by atoms with Crippen molar-refractivity contribution < 1.29 is 0 Å². The number of hydrogen-bond acceptors (Lipinski definition) is 0. The van der Waals surface area contributed by atoms with E-state index < -0.39 is 7.89 Å². The Morgan fingerprint density at radius 1 is 0.319 bits per heavy atom. The van der Waals surface area contributed by atoms with Crippen LogP contribution in [-0.2, 0) is 0 Å². The smallest absolute Gasteiger partial charge is 0.0587 e. The molecule has 0 aliphatic rings. The van der Waals surface area contributed by atoms with Gasteiger partial charge in [-0.1, -0.05) is 161 Å². The summed E-state index contributed by atoms with van der Waals surface area (Å²) in [7, 11) is -0.484. The Kier molecular flexibility index (Phi) is 13.6. The van der Waals surface area contributed by atoms with Crippen molar-refractivity contribution in [3.05, 3.63) is 86.5 Å². The van der Waals surface area contributed by atoms with E-state index in [1.807, 2.05) is 0 Å². The highest BCUT2D eigenvalue weighted by Gasteiger charge is 2.28. The Labute approximate surface area is 295 Å². The van der Waals surface area contributed by atoms with Crippen LogP contribution in [0.2, 0.25) is 0 Å². The molecule has 0 nitrogen and oxygen atoms in total. The fraction of sp³-hybridized carbons (Fsp3) is 0.600. The molecular formula is C45H69Si2. The van der Waals surface area contributed by atoms with Crippen molar-refractivity contribution in [1.82, 2.24) is 0 Å². The summed E-state index contributed by atoms with van der Waals surface area (Å²) < 4.78 is 0. The van der Waals surface area contributed by atoms with Gasteiger partial charge in [0, 0.05) is 8.61 Å². The SMILES string of the molecule is CC(C)c1cc(C(C)C)c([Si]=[Si](c2c(C(C)C)cc(C(C)C)cc2C(C)C)c2c(C(C)C)cc(C(C)C)cc2C(C)C)c(C(C)C)c1. The maximum Gasteiger partial charge on any atom is 0.0653 e. The number of benzene rings is 3. The summed E-state index contributed by atoms with van der Waals surface area (Å²) in [6, 6.07) is 15.7. The molecule has 0 aromatic heterocycles. The number of hydrogen-bond donors (Lipinski definition) is 0. The number of rotatable bonds is 12. The van der Waals surface area contributed by atoms with Gasteiger partial charge in [-0.3, -0.25) is 0 Å². The monoisotopic (exact) mass is 665 g/mol. The van der Waals surface area contributed by atoms with Crippen LogP contribution in [0.3, 0.4) is 0 Å². The summed E-state index contributed by atoms with van der Waals surface area (Å²) in [5, 5.41) is 5.12. The van der Waals surface area contributed by atoms with Crippen molar-refractivity contribution in [1.29, 1.82) is 0 Å². The lowest BCUT2D eigenvalue weighted by Crippen LogP contribution is -2.48. The van der Waals surface area contributed by atoms with Crippen molar-refractivity contribution in [3.8, 4) is 0 Å². The second-order valence-electron chi connectivity index (χ2n) is 17.1. The highest BCUT2D eigenvalue weighted by atomic mass is 28.9. The van der Waals surface area contributed by atoms with Gasteiger partial charge in [0.1, 0.15) is 0 Å². The van der Waals surface area contributed by atoms with Crippen LogP contribution in [0.5, 0.6) is 0 Å². The lowest BCUT2D eigenvalue weighted by Gasteiger charge is -2.30. The Morgan fingerprint density at radius 3 is 0.723 bits per heavy atom. The van der Waals surface area contributed by atoms with E-state index in [2.05, 4.69) is 161 Å². The minimum absolute atomic E-state index is 0.475. The van der Waals surface area contributed by atoms with E-state index in [0.717, 1.165) is 8.61 Å². The largest absolute Gasteiger partial charge is 0.0653 e. The molecular weight excluding hydrogens is 597 g/mol. The van der Waals surface area contributed by atoms with Crippen molar-refractivity contribution in [2.24, 2.45) is 0 Å². The fourth-order valence-electron chi connectivity index (χ4n) is 6.96. The second kappa shape index (κ2) is 16.2. The van der Waals surface area contributed by atoms with Gasteiger partial charge in [0.25, 0.3) is 0 Å². The Hall–Kier alpha value is -1.91. The van der Waals surface area contributed by atoms with Crippen LogP contribution in [0.1, 0.15) is 228 Å². The third-order valence-corrected chi connectivity index (χ3v) is 16.4. The Bertz CT molecular complexity index is 1390. The average Bonchev–Trinajstić information content (AvgIpc) is 2.97. The van der Waals surface area contributed by atoms with E-state index in [4.69, 9.17) is 0 Å². The third kappa shape index (κ3) is 8.82. The first kappa shape index (κ1) is 39.5. The van der Waals surface area contributed by atoms with Gasteiger partial charge in [0.2, 0.25) is 0 Å². The average molecular weight is 666 g/mol. The minimum Gasteiger partial charge on any atom is -0.0587 e. The van der Waals surface area contributed by atoms with Crippen molar-refractivity contribution >= 4 is 32.1 Å². The zero-order chi connectivity index (χ0) is 35.7. The van der Waals surface area contributed by atoms with E-state index in [0.29, 0.717) is 53.3 Å². The minimum atomic E-state index is -1.25. The van der Waals surface area contributed by atoms with E-state index in [-0.39, 0.29) is 0 Å². The lowest BCUT2D eigenvalue weighted by atomic mass is 9.89. The van der Waals surface area contributed by atoms with Crippen LogP contribution in [0.4, 0.5) is 0 Å². The van der Waals surface area contributed by atoms with E-state index in [9.17, 15) is 0 Å². The molecule has 2 heteroatoms. The molecule has 3 aromatic carbocycles. The summed E-state index contributed by atoms with van der Waals surface area (Å²) in [5.41, 5.74) is 14.1. The third-order valence-electron chi connectivity index (χ3n) is 10.1. The van der Waals surface area contributed by atoms with Crippen LogP contribution in [0.25, 0.3) is 0 Å². The van der Waals surface area contributed by atoms with Gasteiger partial charge < -0.3 is 0 Å². The van der Waals surface area contributed by atoms with Gasteiger partial charge in [-0.05, 0) is 119 Å². The summed E-state index contributed by atoms with van der Waals surface area (Å²) in [5.74, 6) is 4.45. The fourth-order valence-corrected chi connectivity index (χ4v) is 15.4. The second-order valence-corrected chi connectivity index (χ2v) is 21.9. The molecule has 257 valence electrons. The highest BCUT2D eigenvalue weighted by Crippen LogP contribution is 2.30. The summed E-state index contributed by atoms with van der Waals surface area (Å²) in [6.45, 7) is 43.5. The van der Waals surface area contributed by atoms with E-state index >= 15 is 0 Å². The van der Waals surface area contributed by atoms with Gasteiger partial charge in [0.05, 0.1) is 7.89 Å². The van der Waals surface area contributed by atoms with Crippen LogP contribution >= 0.6 is 0 Å². The predicted molar refractivity (Wildman–Crippen MR) is 217 cm³/mol. The molecule has 0 aliphatic heterocycles. The molecule has 0 bridgehead atoms. The van der Waals surface area contributed by atoms with Gasteiger partial charge in [-0.2, -0.15) is 0 Å². The Morgan fingerprint density at radius 2 is 0.532 bits per heavy atom. The maximum absolute atomic E-state index is 2.62. The van der Waals surface area contributed by atoms with Crippen LogP contribution in [0.15, 0.2) is 36.4 Å². The van der Waals surface area contributed by atoms with Crippen molar-refractivity contribution in [2.45, 2.75) is 178 Å². The van der Waals surface area contributed by atoms with E-state index in [1.165, 1.54) is 16.7 Å². The molecule has 3 rings (SSSR count). The first-order valence-corrected chi connectivity index (χ1v) is 22.5. The molecule has 0 amide bonds. The standard InChI is InChI=1S/C45H69Si2/c1-25(2)34-19-37(28(7)8)43(38(20-34)29(9)10)46-47(44-39(30(11)12)21-35(26(3)4)22-40(44)31(13)14)45-41(32(15)16)23-36(27(5)6)24-42(45)33(17)18/h19-33H,1-18H3. The maximum atomic E-state index is 2.62. The first-order chi connectivity index (χ1) is 21.8. The molecule has 0 unspecified atom stereocenters. The van der Waals surface area contributed by atoms with Crippen LogP contribution in [0, 0.1) is 0 Å². The zero-order valence-corrected chi connectivity index (χ0v) is 35.7. The van der Waals surface area contributed by atoms with Crippen LogP contribution < -0.4 is 15.6 Å². The molecule has 0 aliphatic carbocycles. The van der Waals surface area contributed by atoms with Crippen molar-refractivity contribution in [3.63, 3.8) is 0 Å². The van der Waals surface area contributed by atoms with Gasteiger partial charge in [-0.15, -0.1) is 0 Å². The predicted octanol–water partition coefficient (Wildman–Crippen LogP) is 11.9. The first-order valence-electron chi connectivity index (χ1n) is 19.0. The molecule has 1 radical (unpaired) electrons. The molecule has 3 aromatic rings. The van der Waals surface area contributed by atoms with Gasteiger partial charge in [-0.25, -0.2) is 0 Å². The summed E-state index contributed by atoms with van der Waals surface area (Å²) >= 11 is 0. The molecule has 0 heterocycles. The highest BCUT2D eigenvalue weighted by molar-refractivity contribution is 7.07. The van der Waals surface area contributed by atoms with Gasteiger partial charge in [0.15, 0.2) is 0 Å². The Balaban J connectivity index is 2.81. The topological polar surface area (TPSA) is 0 Å². The molecule has 0 atom stereocenters.